The summed E-state index contributed by atoms with van der Waals surface area (Å²) in [6.45, 7) is 3.85. The number of fused-ring (bicyclic) bond motifs is 1. The normalized spacial score (nSPS) is 14.2. The molecule has 2 aromatic heterocycles. The molecule has 41 heavy (non-hydrogen) atoms. The number of benzene rings is 2. The van der Waals surface area contributed by atoms with E-state index in [9.17, 15) is 23.1 Å². The van der Waals surface area contributed by atoms with Crippen LogP contribution in [0.4, 0.5) is 20.6 Å². The molecule has 3 heterocycles. The topological polar surface area (TPSA) is 133 Å². The number of nitrogens with one attached hydrogen (secondary N) is 3. The summed E-state index contributed by atoms with van der Waals surface area (Å²) in [6, 6.07) is 11.4. The van der Waals surface area contributed by atoms with E-state index >= 15 is 4.39 Å². The van der Waals surface area contributed by atoms with Crippen molar-refractivity contribution in [2.45, 2.75) is 23.5 Å². The third-order valence-corrected chi connectivity index (χ3v) is 9.75. The summed E-state index contributed by atoms with van der Waals surface area (Å²) in [7, 11) is -4.17. The number of thiophene rings is 1. The van der Waals surface area contributed by atoms with Crippen LogP contribution >= 0.6 is 22.9 Å². The zero-order chi connectivity index (χ0) is 29.1. The van der Waals surface area contributed by atoms with Crippen LogP contribution in [0.3, 0.4) is 0 Å². The first-order valence-electron chi connectivity index (χ1n) is 12.8. The Balaban J connectivity index is 1.30. The third kappa shape index (κ3) is 6.64. The van der Waals surface area contributed by atoms with Gasteiger partial charge in [0.2, 0.25) is 5.88 Å². The first kappa shape index (κ1) is 28.9. The minimum absolute atomic E-state index is 0.0724. The highest BCUT2D eigenvalue weighted by Gasteiger charge is 2.21. The fourth-order valence-electron chi connectivity index (χ4n) is 4.73. The molecule has 10 nitrogen and oxygen atoms in total. The lowest BCUT2D eigenvalue weighted by Crippen LogP contribution is -2.34. The molecule has 1 aliphatic heterocycles. The van der Waals surface area contributed by atoms with Gasteiger partial charge in [0, 0.05) is 35.9 Å². The van der Waals surface area contributed by atoms with Gasteiger partial charge >= 0.3 is 6.03 Å². The minimum Gasteiger partial charge on any atom is -0.494 e. The average molecular weight is 620 g/mol. The fourth-order valence-corrected chi connectivity index (χ4v) is 7.12. The number of anilines is 2. The summed E-state index contributed by atoms with van der Waals surface area (Å²) in [6.07, 6.45) is 3.71. The van der Waals surface area contributed by atoms with Crippen molar-refractivity contribution in [2.75, 3.05) is 36.8 Å². The van der Waals surface area contributed by atoms with Crippen LogP contribution in [0.25, 0.3) is 16.5 Å². The van der Waals surface area contributed by atoms with Crippen molar-refractivity contribution in [1.82, 2.24) is 14.2 Å². The zero-order valence-electron chi connectivity index (χ0n) is 21.7. The molecule has 216 valence electrons. The van der Waals surface area contributed by atoms with E-state index < -0.39 is 33.3 Å². The van der Waals surface area contributed by atoms with E-state index in [0.29, 0.717) is 10.8 Å². The van der Waals surface area contributed by atoms with Gasteiger partial charge in [0.1, 0.15) is 10.0 Å². The molecule has 0 radical (unpaired) electrons. The molecular weight excluding hydrogens is 593 g/mol. The van der Waals surface area contributed by atoms with E-state index in [1.165, 1.54) is 49.6 Å². The lowest BCUT2D eigenvalue weighted by atomic mass is 10.1. The van der Waals surface area contributed by atoms with Gasteiger partial charge in [0.15, 0.2) is 0 Å². The van der Waals surface area contributed by atoms with Crippen molar-refractivity contribution < 1.29 is 22.7 Å². The Morgan fingerprint density at radius 1 is 1.02 bits per heavy atom. The van der Waals surface area contributed by atoms with Crippen LogP contribution in [0.5, 0.6) is 5.88 Å². The van der Waals surface area contributed by atoms with Gasteiger partial charge in [0.05, 0.1) is 10.0 Å². The Bertz CT molecular complexity index is 1770. The lowest BCUT2D eigenvalue weighted by molar-refractivity contribution is 0.237. The van der Waals surface area contributed by atoms with Crippen molar-refractivity contribution in [1.29, 1.82) is 0 Å². The van der Waals surface area contributed by atoms with Crippen LogP contribution in [-0.2, 0) is 10.0 Å². The number of carbonyl (C=O) groups is 1. The van der Waals surface area contributed by atoms with Crippen LogP contribution in [0.1, 0.15) is 19.3 Å². The number of sulfonamides is 1. The number of aromatic nitrogens is 1. The van der Waals surface area contributed by atoms with Gasteiger partial charge in [-0.25, -0.2) is 26.9 Å². The summed E-state index contributed by atoms with van der Waals surface area (Å²) in [4.78, 5) is 27.6. The van der Waals surface area contributed by atoms with E-state index in [4.69, 9.17) is 11.6 Å². The molecule has 0 atom stereocenters. The maximum absolute atomic E-state index is 15.1. The van der Waals surface area contributed by atoms with Gasteiger partial charge in [-0.05, 0) is 79.8 Å². The standard InChI is InChI=1S/C27H27ClFN5O5S2/c28-23-8-9-25(40-23)41(38,39)32-27(37)31-19-5-7-22(21(29)16-19)34-24(35)15-17-14-18(4-6-20(17)26(34)36)30-10-13-33-11-2-1-3-12-33/h4-9,14-16,30,36H,1-3,10-13H2,(H2,31,32,37). The Morgan fingerprint density at radius 3 is 2.49 bits per heavy atom. The van der Waals surface area contributed by atoms with E-state index in [1.807, 2.05) is 4.72 Å². The number of rotatable bonds is 8. The number of amides is 2. The van der Waals surface area contributed by atoms with Crippen molar-refractivity contribution >= 4 is 61.1 Å². The molecule has 0 saturated carbocycles. The van der Waals surface area contributed by atoms with Crippen molar-refractivity contribution in [3.05, 3.63) is 75.1 Å². The van der Waals surface area contributed by atoms with Crippen LogP contribution in [0.2, 0.25) is 4.34 Å². The van der Waals surface area contributed by atoms with Crippen molar-refractivity contribution in [3.63, 3.8) is 0 Å². The number of piperidine rings is 1. The number of carbonyl (C=O) groups excluding carboxylic acids is 1. The summed E-state index contributed by atoms with van der Waals surface area (Å²) in [5.74, 6) is -1.37. The highest BCUT2D eigenvalue weighted by molar-refractivity contribution is 7.92. The molecule has 0 spiro atoms. The number of nitrogens with zero attached hydrogens (tertiary/aromatic N) is 2. The molecule has 4 N–H and O–H groups in total. The Hall–Kier alpha value is -3.65. The molecule has 1 aliphatic rings. The molecule has 0 bridgehead atoms. The maximum atomic E-state index is 15.1. The molecule has 5 rings (SSSR count). The predicted octanol–water partition coefficient (Wildman–Crippen LogP) is 4.96. The molecular formula is C27H27ClFN5O5S2. The summed E-state index contributed by atoms with van der Waals surface area (Å²) in [5.41, 5.74) is -0.171. The number of pyridine rings is 1. The van der Waals surface area contributed by atoms with Gasteiger partial charge in [0.25, 0.3) is 15.6 Å². The van der Waals surface area contributed by atoms with E-state index in [0.717, 1.165) is 53.8 Å². The summed E-state index contributed by atoms with van der Waals surface area (Å²) < 4.78 is 42.5. The highest BCUT2D eigenvalue weighted by Crippen LogP contribution is 2.29. The van der Waals surface area contributed by atoms with Crippen molar-refractivity contribution in [3.8, 4) is 11.6 Å². The lowest BCUT2D eigenvalue weighted by Gasteiger charge is -2.26. The molecule has 0 aliphatic carbocycles. The molecule has 4 aromatic rings. The second-order valence-corrected chi connectivity index (χ2v) is 13.2. The average Bonchev–Trinajstić information content (AvgIpc) is 3.37. The van der Waals surface area contributed by atoms with Gasteiger partial charge in [-0.3, -0.25) is 4.79 Å². The number of hydrogen-bond acceptors (Lipinski definition) is 8. The third-order valence-electron chi connectivity index (χ3n) is 6.70. The van der Waals surface area contributed by atoms with Gasteiger partial charge in [-0.1, -0.05) is 18.0 Å². The number of aromatic hydroxyl groups is 1. The number of hydrogen-bond donors (Lipinski definition) is 4. The smallest absolute Gasteiger partial charge is 0.333 e. The molecule has 2 amide bonds. The van der Waals surface area contributed by atoms with E-state index in [2.05, 4.69) is 15.5 Å². The monoisotopic (exact) mass is 619 g/mol. The maximum Gasteiger partial charge on any atom is 0.333 e. The largest absolute Gasteiger partial charge is 0.494 e. The van der Waals surface area contributed by atoms with E-state index in [-0.39, 0.29) is 19.9 Å². The predicted molar refractivity (Wildman–Crippen MR) is 159 cm³/mol. The van der Waals surface area contributed by atoms with Crippen LogP contribution < -0.4 is 20.9 Å². The van der Waals surface area contributed by atoms with Crippen LogP contribution in [0, 0.1) is 5.82 Å². The van der Waals surface area contributed by atoms with Crippen molar-refractivity contribution in [2.24, 2.45) is 0 Å². The zero-order valence-corrected chi connectivity index (χ0v) is 24.1. The SMILES string of the molecule is O=C(Nc1ccc(-n2c(O)c3ccc(NCCN4CCCCC4)cc3cc2=O)c(F)c1)NS(=O)(=O)c1ccc(Cl)s1. The second-order valence-electron chi connectivity index (χ2n) is 9.56. The number of likely N-dealkylation sites (tertiary alicyclic amines) is 1. The summed E-state index contributed by atoms with van der Waals surface area (Å²) >= 11 is 6.53. The first-order valence-corrected chi connectivity index (χ1v) is 15.5. The number of urea groups is 1. The molecule has 1 saturated heterocycles. The van der Waals surface area contributed by atoms with Gasteiger partial charge in [-0.15, -0.1) is 11.3 Å². The molecule has 14 heteroatoms. The number of halogens is 2. The van der Waals surface area contributed by atoms with Gasteiger partial charge in [-0.2, -0.15) is 0 Å². The molecule has 0 unspecified atom stereocenters. The highest BCUT2D eigenvalue weighted by atomic mass is 35.5. The Labute approximate surface area is 244 Å². The van der Waals surface area contributed by atoms with E-state index in [1.54, 1.807) is 18.2 Å². The quantitative estimate of drug-likeness (QED) is 0.219. The van der Waals surface area contributed by atoms with Crippen LogP contribution in [-0.4, -0.2) is 55.2 Å². The Morgan fingerprint density at radius 2 is 1.78 bits per heavy atom. The second kappa shape index (κ2) is 12.1. The Kier molecular flexibility index (Phi) is 8.50. The van der Waals surface area contributed by atoms with Gasteiger partial charge < -0.3 is 20.6 Å². The van der Waals surface area contributed by atoms with Crippen LogP contribution in [0.15, 0.2) is 63.6 Å². The summed E-state index contributed by atoms with van der Waals surface area (Å²) in [5, 5.41) is 17.3. The minimum atomic E-state index is -4.17. The molecule has 2 aromatic carbocycles. The molecule has 1 fully saturated rings. The first-order chi connectivity index (χ1) is 19.6. The fraction of sp³-hybridized carbons (Fsp3) is 0.259.